The highest BCUT2D eigenvalue weighted by molar-refractivity contribution is 5.86. The Bertz CT molecular complexity index is 405. The molecule has 20 heavy (non-hydrogen) atoms. The van der Waals surface area contributed by atoms with Gasteiger partial charge in [0, 0.05) is 0 Å². The molecule has 0 aromatic heterocycles. The van der Waals surface area contributed by atoms with Crippen molar-refractivity contribution in [3.63, 3.8) is 0 Å². The molecule has 1 aromatic carbocycles. The van der Waals surface area contributed by atoms with E-state index in [0.717, 1.165) is 5.56 Å². The molecule has 3 N–H and O–H groups in total. The molecule has 1 aromatic rings. The second-order valence-corrected chi connectivity index (χ2v) is 4.14. The van der Waals surface area contributed by atoms with Gasteiger partial charge in [0.1, 0.15) is 5.78 Å². The monoisotopic (exact) mass is 283 g/mol. The van der Waals surface area contributed by atoms with Gasteiger partial charge in [-0.25, -0.2) is 0 Å². The van der Waals surface area contributed by atoms with Crippen LogP contribution >= 0.6 is 0 Å². The van der Waals surface area contributed by atoms with Crippen LogP contribution in [-0.2, 0) is 11.2 Å². The summed E-state index contributed by atoms with van der Waals surface area (Å²) in [4.78, 5) is 11.5. The van der Waals surface area contributed by atoms with Gasteiger partial charge in [0.15, 0.2) is 11.5 Å². The zero-order chi connectivity index (χ0) is 16.3. The van der Waals surface area contributed by atoms with Crippen molar-refractivity contribution >= 4 is 5.78 Å². The van der Waals surface area contributed by atoms with Crippen molar-refractivity contribution in [2.75, 3.05) is 7.05 Å². The first kappa shape index (κ1) is 20.8. The standard InChI is InChI=1S/C12H17NO3.2C2H6/c1-8(14)12(2,13-3)7-9-4-5-10(15)11(16)6-9;2*1-2/h4-6,13,15-16H,7H2,1-3H3;2*1-2H3. The molecule has 1 atom stereocenters. The maximum absolute atomic E-state index is 11.5. The lowest BCUT2D eigenvalue weighted by Crippen LogP contribution is -2.48. The predicted octanol–water partition coefficient (Wildman–Crippen LogP) is 3.26. The van der Waals surface area contributed by atoms with Crippen molar-refractivity contribution in [3.05, 3.63) is 23.8 Å². The number of likely N-dealkylation sites (N-methyl/N-ethyl adjacent to an activating group) is 1. The van der Waals surface area contributed by atoms with Crippen LogP contribution in [0.1, 0.15) is 47.1 Å². The molecule has 0 saturated carbocycles. The second-order valence-electron chi connectivity index (χ2n) is 4.14. The van der Waals surface area contributed by atoms with Crippen molar-refractivity contribution in [1.82, 2.24) is 5.32 Å². The van der Waals surface area contributed by atoms with E-state index in [1.165, 1.54) is 19.1 Å². The van der Waals surface area contributed by atoms with Gasteiger partial charge < -0.3 is 15.5 Å². The predicted molar refractivity (Wildman–Crippen MR) is 84.3 cm³/mol. The van der Waals surface area contributed by atoms with Gasteiger partial charge in [-0.1, -0.05) is 33.8 Å². The lowest BCUT2D eigenvalue weighted by atomic mass is 9.89. The Hall–Kier alpha value is -1.55. The van der Waals surface area contributed by atoms with E-state index in [1.54, 1.807) is 20.0 Å². The number of phenolic OH excluding ortho intramolecular Hbond substituents is 2. The highest BCUT2D eigenvalue weighted by Gasteiger charge is 2.27. The summed E-state index contributed by atoms with van der Waals surface area (Å²) in [6.45, 7) is 11.3. The van der Waals surface area contributed by atoms with Gasteiger partial charge in [-0.05, 0) is 45.0 Å². The highest BCUT2D eigenvalue weighted by atomic mass is 16.3. The van der Waals surface area contributed by atoms with Gasteiger partial charge in [0.25, 0.3) is 0 Å². The van der Waals surface area contributed by atoms with E-state index in [4.69, 9.17) is 0 Å². The molecule has 4 nitrogen and oxygen atoms in total. The average Bonchev–Trinajstić information content (AvgIpc) is 2.47. The van der Waals surface area contributed by atoms with Crippen LogP contribution in [0.4, 0.5) is 0 Å². The number of carbonyl (C=O) groups excluding carboxylic acids is 1. The van der Waals surface area contributed by atoms with Gasteiger partial charge in [0.2, 0.25) is 0 Å². The lowest BCUT2D eigenvalue weighted by Gasteiger charge is -2.26. The topological polar surface area (TPSA) is 69.6 Å². The van der Waals surface area contributed by atoms with Crippen molar-refractivity contribution < 1.29 is 15.0 Å². The molecular weight excluding hydrogens is 254 g/mol. The number of Topliss-reactive ketones (excluding diaryl/α,β-unsaturated/α-hetero) is 1. The Balaban J connectivity index is 0. The van der Waals surface area contributed by atoms with E-state index in [2.05, 4.69) is 5.32 Å². The molecule has 0 saturated heterocycles. The van der Waals surface area contributed by atoms with Gasteiger partial charge in [0.05, 0.1) is 5.54 Å². The molecule has 116 valence electrons. The SMILES string of the molecule is CC.CC.CNC(C)(Cc1ccc(O)c(O)c1)C(C)=O. The summed E-state index contributed by atoms with van der Waals surface area (Å²) in [5.41, 5.74) is 0.144. The van der Waals surface area contributed by atoms with Gasteiger partial charge in [-0.15, -0.1) is 0 Å². The summed E-state index contributed by atoms with van der Waals surface area (Å²) in [6.07, 6.45) is 0.465. The molecule has 1 rings (SSSR count). The molecule has 1 unspecified atom stereocenters. The molecule has 0 fully saturated rings. The molecule has 0 aliphatic rings. The number of aromatic hydroxyl groups is 2. The molecule has 0 heterocycles. The molecule has 0 bridgehead atoms. The van der Waals surface area contributed by atoms with Crippen molar-refractivity contribution in [3.8, 4) is 11.5 Å². The Kier molecular flexibility index (Phi) is 10.7. The van der Waals surface area contributed by atoms with Crippen LogP contribution in [0.15, 0.2) is 18.2 Å². The largest absolute Gasteiger partial charge is 0.504 e. The molecule has 4 heteroatoms. The number of ketones is 1. The zero-order valence-electron chi connectivity index (χ0n) is 13.7. The first-order valence-corrected chi connectivity index (χ1v) is 7.10. The van der Waals surface area contributed by atoms with Crippen LogP contribution < -0.4 is 5.32 Å². The number of benzene rings is 1. The van der Waals surface area contributed by atoms with E-state index < -0.39 is 5.54 Å². The van der Waals surface area contributed by atoms with E-state index in [0.29, 0.717) is 6.42 Å². The maximum atomic E-state index is 11.5. The van der Waals surface area contributed by atoms with Crippen LogP contribution in [0, 0.1) is 0 Å². The number of phenols is 2. The van der Waals surface area contributed by atoms with Crippen molar-refractivity contribution in [2.45, 2.75) is 53.5 Å². The molecule has 0 aliphatic carbocycles. The molecule has 0 aliphatic heterocycles. The number of carbonyl (C=O) groups is 1. The first-order chi connectivity index (χ1) is 9.39. The molecule has 0 spiro atoms. The summed E-state index contributed by atoms with van der Waals surface area (Å²) in [7, 11) is 1.72. The first-order valence-electron chi connectivity index (χ1n) is 7.10. The minimum Gasteiger partial charge on any atom is -0.504 e. The number of hydrogen-bond donors (Lipinski definition) is 3. The van der Waals surface area contributed by atoms with Gasteiger partial charge in [-0.3, -0.25) is 4.79 Å². The van der Waals surface area contributed by atoms with Crippen LogP contribution in [0.5, 0.6) is 11.5 Å². The smallest absolute Gasteiger partial charge is 0.157 e. The molecule has 0 radical (unpaired) electrons. The fraction of sp³-hybridized carbons (Fsp3) is 0.562. The van der Waals surface area contributed by atoms with Crippen LogP contribution in [0.2, 0.25) is 0 Å². The summed E-state index contributed by atoms with van der Waals surface area (Å²) in [6, 6.07) is 4.57. The van der Waals surface area contributed by atoms with Gasteiger partial charge in [-0.2, -0.15) is 0 Å². The zero-order valence-corrected chi connectivity index (χ0v) is 13.7. The third-order valence-corrected chi connectivity index (χ3v) is 2.93. The van der Waals surface area contributed by atoms with E-state index in [1.807, 2.05) is 27.7 Å². The number of nitrogens with one attached hydrogen (secondary N) is 1. The quantitative estimate of drug-likeness (QED) is 0.742. The summed E-state index contributed by atoms with van der Waals surface area (Å²) in [5.74, 6) is -0.292. The Labute approximate surface area is 122 Å². The van der Waals surface area contributed by atoms with Crippen molar-refractivity contribution in [2.24, 2.45) is 0 Å². The van der Waals surface area contributed by atoms with Crippen LogP contribution in [0.25, 0.3) is 0 Å². The Morgan fingerprint density at radius 3 is 2.00 bits per heavy atom. The molecular formula is C16H29NO3. The van der Waals surface area contributed by atoms with E-state index in [9.17, 15) is 15.0 Å². The number of hydrogen-bond acceptors (Lipinski definition) is 4. The van der Waals surface area contributed by atoms with Gasteiger partial charge >= 0.3 is 0 Å². The van der Waals surface area contributed by atoms with Crippen LogP contribution in [0.3, 0.4) is 0 Å². The fourth-order valence-electron chi connectivity index (χ4n) is 1.48. The fourth-order valence-corrected chi connectivity index (χ4v) is 1.48. The maximum Gasteiger partial charge on any atom is 0.157 e. The van der Waals surface area contributed by atoms with E-state index >= 15 is 0 Å². The van der Waals surface area contributed by atoms with E-state index in [-0.39, 0.29) is 17.3 Å². The average molecular weight is 283 g/mol. The second kappa shape index (κ2) is 10.3. The Morgan fingerprint density at radius 2 is 1.65 bits per heavy atom. The van der Waals surface area contributed by atoms with Crippen molar-refractivity contribution in [1.29, 1.82) is 0 Å². The minimum atomic E-state index is -0.649. The summed E-state index contributed by atoms with van der Waals surface area (Å²) in [5, 5.41) is 21.5. The highest BCUT2D eigenvalue weighted by Crippen LogP contribution is 2.26. The Morgan fingerprint density at radius 1 is 1.15 bits per heavy atom. The minimum absolute atomic E-state index is 0.0302. The molecule has 0 amide bonds. The third kappa shape index (κ3) is 6.06. The number of rotatable bonds is 4. The normalized spacial score (nSPS) is 12.2. The van der Waals surface area contributed by atoms with Crippen LogP contribution in [-0.4, -0.2) is 28.6 Å². The summed E-state index contributed by atoms with van der Waals surface area (Å²) >= 11 is 0. The lowest BCUT2D eigenvalue weighted by molar-refractivity contribution is -0.122. The summed E-state index contributed by atoms with van der Waals surface area (Å²) < 4.78 is 0. The third-order valence-electron chi connectivity index (χ3n) is 2.93.